The molecule has 1 aromatic heterocycles. The van der Waals surface area contributed by atoms with Crippen molar-refractivity contribution in [1.29, 1.82) is 0 Å². The second kappa shape index (κ2) is 8.62. The molecule has 154 valence electrons. The van der Waals surface area contributed by atoms with Crippen molar-refractivity contribution >= 4 is 11.3 Å². The van der Waals surface area contributed by atoms with Crippen molar-refractivity contribution in [3.8, 4) is 32.4 Å². The fourth-order valence-electron chi connectivity index (χ4n) is 2.68. The number of ether oxygens (including phenoxy) is 2. The van der Waals surface area contributed by atoms with Gasteiger partial charge in [-0.1, -0.05) is 41.5 Å². The van der Waals surface area contributed by atoms with Gasteiger partial charge in [0.05, 0.1) is 13.2 Å². The number of thiophene rings is 1. The van der Waals surface area contributed by atoms with Crippen LogP contribution in [0.25, 0.3) is 20.9 Å². The van der Waals surface area contributed by atoms with Crippen LogP contribution in [-0.4, -0.2) is 13.2 Å². The van der Waals surface area contributed by atoms with E-state index in [1.807, 2.05) is 0 Å². The molecule has 0 spiro atoms. The molecule has 2 aromatic carbocycles. The predicted molar refractivity (Wildman–Crippen MR) is 125 cm³/mol. The third-order valence-electron chi connectivity index (χ3n) is 4.23. The van der Waals surface area contributed by atoms with E-state index in [-0.39, 0.29) is 10.8 Å². The van der Waals surface area contributed by atoms with E-state index in [0.29, 0.717) is 13.2 Å². The number of rotatable bonds is 6. The van der Waals surface area contributed by atoms with Crippen LogP contribution in [0.1, 0.15) is 41.5 Å². The third-order valence-corrected chi connectivity index (χ3v) is 5.41. The molecule has 2 nitrogen and oxygen atoms in total. The Bertz CT molecular complexity index is 831. The molecule has 0 saturated heterocycles. The van der Waals surface area contributed by atoms with Crippen LogP contribution in [0, 0.1) is 10.8 Å². The van der Waals surface area contributed by atoms with Gasteiger partial charge in [-0.2, -0.15) is 0 Å². The summed E-state index contributed by atoms with van der Waals surface area (Å²) in [7, 11) is 0. The minimum absolute atomic E-state index is 0.161. The summed E-state index contributed by atoms with van der Waals surface area (Å²) in [6.07, 6.45) is 0. The molecule has 0 atom stereocenters. The summed E-state index contributed by atoms with van der Waals surface area (Å²) in [5, 5.41) is 0. The van der Waals surface area contributed by atoms with Crippen LogP contribution >= 0.6 is 11.3 Å². The fraction of sp³-hybridized carbons (Fsp3) is 0.385. The van der Waals surface area contributed by atoms with Gasteiger partial charge in [0.25, 0.3) is 0 Å². The van der Waals surface area contributed by atoms with Crippen molar-refractivity contribution in [2.45, 2.75) is 41.5 Å². The molecule has 1 heterocycles. The Kier molecular flexibility index (Phi) is 6.38. The van der Waals surface area contributed by atoms with Gasteiger partial charge in [-0.15, -0.1) is 11.3 Å². The molecule has 0 aliphatic rings. The van der Waals surface area contributed by atoms with Gasteiger partial charge in [-0.3, -0.25) is 0 Å². The summed E-state index contributed by atoms with van der Waals surface area (Å²) in [6.45, 7) is 14.5. The molecular formula is C26H32O2S. The van der Waals surface area contributed by atoms with Crippen LogP contribution in [0.5, 0.6) is 11.5 Å². The molecule has 0 radical (unpaired) electrons. The van der Waals surface area contributed by atoms with Gasteiger partial charge in [-0.05, 0) is 82.6 Å². The minimum atomic E-state index is 0.161. The topological polar surface area (TPSA) is 18.5 Å². The summed E-state index contributed by atoms with van der Waals surface area (Å²) < 4.78 is 11.8. The van der Waals surface area contributed by atoms with Gasteiger partial charge in [-0.25, -0.2) is 0 Å². The second-order valence-electron chi connectivity index (χ2n) is 9.91. The van der Waals surface area contributed by atoms with Gasteiger partial charge in [0.15, 0.2) is 0 Å². The highest BCUT2D eigenvalue weighted by Gasteiger charge is 2.12. The Morgan fingerprint density at radius 1 is 0.552 bits per heavy atom. The quantitative estimate of drug-likeness (QED) is 0.412. The van der Waals surface area contributed by atoms with E-state index in [1.165, 1.54) is 20.9 Å². The van der Waals surface area contributed by atoms with Crippen molar-refractivity contribution < 1.29 is 9.47 Å². The summed E-state index contributed by atoms with van der Waals surface area (Å²) in [5.74, 6) is 1.85. The lowest BCUT2D eigenvalue weighted by Crippen LogP contribution is -2.16. The number of hydrogen-bond acceptors (Lipinski definition) is 3. The van der Waals surface area contributed by atoms with E-state index in [1.54, 1.807) is 11.3 Å². The van der Waals surface area contributed by atoms with Crippen LogP contribution in [0.2, 0.25) is 0 Å². The minimum Gasteiger partial charge on any atom is -0.493 e. The number of benzene rings is 2. The second-order valence-corrected chi connectivity index (χ2v) is 11.0. The molecule has 0 bridgehead atoms. The summed E-state index contributed by atoms with van der Waals surface area (Å²) in [4.78, 5) is 2.52. The molecule has 0 amide bonds. The molecule has 0 unspecified atom stereocenters. The standard InChI is InChI=1S/C26H32O2S/c1-25(2,3)17-27-21-11-7-19(8-12-21)23-15-16-24(29-23)20-9-13-22(14-10-20)28-18-26(4,5)6/h7-16H,17-18H2,1-6H3. The maximum absolute atomic E-state index is 5.88. The van der Waals surface area contributed by atoms with Gasteiger partial charge < -0.3 is 9.47 Å². The largest absolute Gasteiger partial charge is 0.493 e. The van der Waals surface area contributed by atoms with E-state index >= 15 is 0 Å². The summed E-state index contributed by atoms with van der Waals surface area (Å²) in [6, 6.07) is 21.2. The van der Waals surface area contributed by atoms with Crippen molar-refractivity contribution in [2.24, 2.45) is 10.8 Å². The van der Waals surface area contributed by atoms with Gasteiger partial charge in [0.1, 0.15) is 11.5 Å². The maximum Gasteiger partial charge on any atom is 0.119 e. The first-order valence-electron chi connectivity index (χ1n) is 10.2. The van der Waals surface area contributed by atoms with E-state index < -0.39 is 0 Å². The van der Waals surface area contributed by atoms with Crippen LogP contribution in [0.4, 0.5) is 0 Å². The Morgan fingerprint density at radius 3 is 1.21 bits per heavy atom. The van der Waals surface area contributed by atoms with Crippen molar-refractivity contribution in [2.75, 3.05) is 13.2 Å². The number of hydrogen-bond donors (Lipinski definition) is 0. The van der Waals surface area contributed by atoms with Crippen LogP contribution in [-0.2, 0) is 0 Å². The highest BCUT2D eigenvalue weighted by Crippen LogP contribution is 2.35. The zero-order valence-electron chi connectivity index (χ0n) is 18.4. The van der Waals surface area contributed by atoms with Gasteiger partial charge in [0.2, 0.25) is 0 Å². The zero-order chi connectivity index (χ0) is 21.1. The lowest BCUT2D eigenvalue weighted by atomic mass is 9.99. The molecule has 29 heavy (non-hydrogen) atoms. The van der Waals surface area contributed by atoms with E-state index in [0.717, 1.165) is 11.5 Å². The highest BCUT2D eigenvalue weighted by molar-refractivity contribution is 7.18. The highest BCUT2D eigenvalue weighted by atomic mass is 32.1. The molecule has 3 heteroatoms. The average molecular weight is 409 g/mol. The maximum atomic E-state index is 5.88. The lowest BCUT2D eigenvalue weighted by Gasteiger charge is -2.18. The Balaban J connectivity index is 1.66. The molecule has 0 aliphatic carbocycles. The van der Waals surface area contributed by atoms with Crippen LogP contribution in [0.15, 0.2) is 60.7 Å². The first-order valence-corrected chi connectivity index (χ1v) is 11.0. The predicted octanol–water partition coefficient (Wildman–Crippen LogP) is 7.93. The van der Waals surface area contributed by atoms with Crippen LogP contribution < -0.4 is 9.47 Å². The Hall–Kier alpha value is -2.26. The molecule has 0 saturated carbocycles. The van der Waals surface area contributed by atoms with Gasteiger partial charge in [0, 0.05) is 9.75 Å². The molecule has 3 aromatic rings. The van der Waals surface area contributed by atoms with E-state index in [2.05, 4.69) is 102 Å². The first kappa shape index (κ1) is 21.4. The molecule has 0 fully saturated rings. The normalized spacial score (nSPS) is 12.1. The monoisotopic (exact) mass is 408 g/mol. The van der Waals surface area contributed by atoms with Gasteiger partial charge >= 0.3 is 0 Å². The van der Waals surface area contributed by atoms with Crippen molar-refractivity contribution in [3.63, 3.8) is 0 Å². The van der Waals surface area contributed by atoms with E-state index in [4.69, 9.17) is 9.47 Å². The molecular weight excluding hydrogens is 376 g/mol. The zero-order valence-corrected chi connectivity index (χ0v) is 19.2. The van der Waals surface area contributed by atoms with Crippen LogP contribution in [0.3, 0.4) is 0 Å². The first-order chi connectivity index (χ1) is 13.6. The molecule has 0 aliphatic heterocycles. The summed E-state index contributed by atoms with van der Waals surface area (Å²) >= 11 is 1.80. The lowest BCUT2D eigenvalue weighted by molar-refractivity contribution is 0.198. The van der Waals surface area contributed by atoms with Crippen molar-refractivity contribution in [3.05, 3.63) is 60.7 Å². The smallest absolute Gasteiger partial charge is 0.119 e. The fourth-order valence-corrected chi connectivity index (χ4v) is 3.70. The average Bonchev–Trinajstić information content (AvgIpc) is 3.14. The SMILES string of the molecule is CC(C)(C)COc1ccc(-c2ccc(-c3ccc(OCC(C)(C)C)cc3)s2)cc1. The molecule has 0 N–H and O–H groups in total. The van der Waals surface area contributed by atoms with Crippen molar-refractivity contribution in [1.82, 2.24) is 0 Å². The molecule has 3 rings (SSSR count). The Labute approximate surface area is 179 Å². The third kappa shape index (κ3) is 6.64. The Morgan fingerprint density at radius 2 is 0.897 bits per heavy atom. The van der Waals surface area contributed by atoms with E-state index in [9.17, 15) is 0 Å². The summed E-state index contributed by atoms with van der Waals surface area (Å²) in [5.41, 5.74) is 2.76.